The normalized spacial score (nSPS) is 21.3. The molecule has 1 fully saturated rings. The molecule has 9 heteroatoms. The molecule has 1 saturated carbocycles. The van der Waals surface area contributed by atoms with Gasteiger partial charge in [-0.05, 0) is 94.3 Å². The summed E-state index contributed by atoms with van der Waals surface area (Å²) in [7, 11) is 1.32. The van der Waals surface area contributed by atoms with Gasteiger partial charge >= 0.3 is 5.97 Å². The number of benzene rings is 1. The highest BCUT2D eigenvalue weighted by molar-refractivity contribution is 7.19. The lowest BCUT2D eigenvalue weighted by Gasteiger charge is -2.33. The van der Waals surface area contributed by atoms with Crippen LogP contribution >= 0.6 is 11.3 Å². The lowest BCUT2D eigenvalue weighted by molar-refractivity contribution is -0.137. The third kappa shape index (κ3) is 12.9. The fourth-order valence-corrected chi connectivity index (χ4v) is 10.1. The zero-order valence-corrected chi connectivity index (χ0v) is 37.2. The molecule has 1 aliphatic rings. The number of unbranched alkanes of at least 4 members (excludes halogenated alkanes) is 3. The third-order valence-corrected chi connectivity index (χ3v) is 17.7. The van der Waals surface area contributed by atoms with Gasteiger partial charge in [-0.1, -0.05) is 121 Å². The third-order valence-electron chi connectivity index (χ3n) is 11.9. The van der Waals surface area contributed by atoms with Crippen LogP contribution in [-0.2, 0) is 18.1 Å². The maximum absolute atomic E-state index is 11.1. The van der Waals surface area contributed by atoms with Gasteiger partial charge in [0.05, 0.1) is 18.3 Å². The Morgan fingerprint density at radius 2 is 1.30 bits per heavy atom. The predicted molar refractivity (Wildman–Crippen MR) is 215 cm³/mol. The zero-order valence-electron chi connectivity index (χ0n) is 33.4. The van der Waals surface area contributed by atoms with Crippen molar-refractivity contribution in [2.45, 2.75) is 174 Å². The molecule has 6 radical (unpaired) electrons. The fourth-order valence-electron chi connectivity index (χ4n) is 6.01. The summed E-state index contributed by atoms with van der Waals surface area (Å²) in [5, 5.41) is 10.8. The number of hydrogen-bond donors (Lipinski definition) is 1. The summed E-state index contributed by atoms with van der Waals surface area (Å²) in [5.41, 5.74) is 0. The van der Waals surface area contributed by atoms with E-state index in [1.807, 2.05) is 11.3 Å². The van der Waals surface area contributed by atoms with Gasteiger partial charge in [-0.3, -0.25) is 4.79 Å². The minimum atomic E-state index is -0.693. The first kappa shape index (κ1) is 43.6. The van der Waals surface area contributed by atoms with Crippen LogP contribution in [0.5, 0.6) is 0 Å². The Kier molecular flexibility index (Phi) is 17.0. The Labute approximate surface area is 317 Å². The zero-order chi connectivity index (χ0) is 37.3. The van der Waals surface area contributed by atoms with Crippen LogP contribution in [-0.4, -0.2) is 52.6 Å². The van der Waals surface area contributed by atoms with E-state index in [-0.39, 0.29) is 39.8 Å². The van der Waals surface area contributed by atoms with Crippen LogP contribution in [0.2, 0.25) is 15.1 Å². The van der Waals surface area contributed by atoms with Crippen LogP contribution in [0.3, 0.4) is 0 Å². The largest absolute Gasteiger partial charge is 0.481 e. The van der Waals surface area contributed by atoms with E-state index in [0.717, 1.165) is 51.4 Å². The van der Waals surface area contributed by atoms with E-state index in [4.69, 9.17) is 18.4 Å². The van der Waals surface area contributed by atoms with E-state index in [1.54, 1.807) is 0 Å². The molecule has 50 heavy (non-hydrogen) atoms. The lowest BCUT2D eigenvalue weighted by Crippen LogP contribution is -2.31. The summed E-state index contributed by atoms with van der Waals surface area (Å²) in [6, 6.07) is 11.1. The van der Waals surface area contributed by atoms with Crippen molar-refractivity contribution in [2.24, 2.45) is 29.6 Å². The SMILES string of the molecule is CC(C)C(C)(C)[Si]O[C@H]1C[C@@H](O[Si]C(C)(C)C(C)C)[C@H](CC[C@@H](O[Si]C(C)(C)C(C)C)c2cc3ccccc3s2)[C@H]1CCCCCCC(=O)O. The van der Waals surface area contributed by atoms with Gasteiger partial charge in [-0.2, -0.15) is 0 Å². The molecule has 0 bridgehead atoms. The van der Waals surface area contributed by atoms with Crippen LogP contribution < -0.4 is 0 Å². The van der Waals surface area contributed by atoms with Crippen molar-refractivity contribution >= 4 is 56.7 Å². The monoisotopic (exact) mass is 756 g/mol. The van der Waals surface area contributed by atoms with Crippen LogP contribution in [0.15, 0.2) is 30.3 Å². The van der Waals surface area contributed by atoms with E-state index >= 15 is 0 Å². The first-order valence-corrected chi connectivity index (χ1v) is 22.9. The summed E-state index contributed by atoms with van der Waals surface area (Å²) < 4.78 is 22.3. The molecular weight excluding hydrogens is 689 g/mol. The Morgan fingerprint density at radius 1 is 0.780 bits per heavy atom. The summed E-state index contributed by atoms with van der Waals surface area (Å²) >= 11 is 1.89. The second-order valence-corrected chi connectivity index (χ2v) is 23.8. The highest BCUT2D eigenvalue weighted by Gasteiger charge is 2.45. The van der Waals surface area contributed by atoms with Gasteiger partial charge in [0, 0.05) is 16.0 Å². The molecule has 1 aliphatic carbocycles. The molecule has 0 saturated heterocycles. The maximum atomic E-state index is 11.1. The fraction of sp³-hybridized carbons (Fsp3) is 0.780. The van der Waals surface area contributed by atoms with Crippen molar-refractivity contribution < 1.29 is 23.2 Å². The summed E-state index contributed by atoms with van der Waals surface area (Å²) in [6.45, 7) is 27.9. The summed E-state index contributed by atoms with van der Waals surface area (Å²) in [4.78, 5) is 12.4. The van der Waals surface area contributed by atoms with Gasteiger partial charge in [0.1, 0.15) is 0 Å². The number of carbonyl (C=O) groups is 1. The molecule has 0 amide bonds. The Morgan fingerprint density at radius 3 is 1.84 bits per heavy atom. The standard InChI is InChI=1S/C41H68O5SSi3/c1-27(2)39(7,8)48-44-33(37-25-30-19-17-18-21-36(30)47-37)24-23-32-31(20-15-13-14-16-22-38(42)43)34(45-49-40(9,10)28(3)4)26-35(32)46-50-41(11,12)29(5)6/h17-19,21,25,27-29,31-35H,13-16,20,22-24,26H2,1-12H3,(H,42,43)/t31-,32-,33-,34+,35-/m1/s1. The van der Waals surface area contributed by atoms with Crippen molar-refractivity contribution in [3.8, 4) is 0 Å². The van der Waals surface area contributed by atoms with E-state index in [1.165, 1.54) is 15.0 Å². The van der Waals surface area contributed by atoms with Crippen molar-refractivity contribution in [3.05, 3.63) is 35.2 Å². The summed E-state index contributed by atoms with van der Waals surface area (Å²) in [6.07, 6.45) is 8.61. The Balaban J connectivity index is 1.91. The van der Waals surface area contributed by atoms with Gasteiger partial charge in [0.25, 0.3) is 0 Å². The molecule has 1 aromatic carbocycles. The molecule has 3 rings (SSSR count). The van der Waals surface area contributed by atoms with Gasteiger partial charge in [0.15, 0.2) is 0 Å². The maximum Gasteiger partial charge on any atom is 0.303 e. The second-order valence-electron chi connectivity index (χ2n) is 17.5. The Hall–Kier alpha value is -0.819. The number of aliphatic carboxylic acids is 1. The molecular formula is C41H68O5SSi3. The van der Waals surface area contributed by atoms with Crippen molar-refractivity contribution in [1.82, 2.24) is 0 Å². The van der Waals surface area contributed by atoms with Crippen LogP contribution in [0.1, 0.15) is 152 Å². The molecule has 0 spiro atoms. The number of thiophene rings is 1. The molecule has 1 aromatic heterocycles. The topological polar surface area (TPSA) is 65.0 Å². The van der Waals surface area contributed by atoms with Crippen molar-refractivity contribution in [2.75, 3.05) is 0 Å². The predicted octanol–water partition coefficient (Wildman–Crippen LogP) is 12.0. The average molecular weight is 757 g/mol. The highest BCUT2D eigenvalue weighted by Crippen LogP contribution is 2.47. The Bertz CT molecular complexity index is 1270. The molecule has 0 aliphatic heterocycles. The van der Waals surface area contributed by atoms with E-state index in [9.17, 15) is 4.79 Å². The molecule has 280 valence electrons. The molecule has 5 nitrogen and oxygen atoms in total. The second kappa shape index (κ2) is 19.5. The minimum Gasteiger partial charge on any atom is -0.481 e. The van der Waals surface area contributed by atoms with Crippen LogP contribution in [0.4, 0.5) is 0 Å². The van der Waals surface area contributed by atoms with Crippen molar-refractivity contribution in [3.63, 3.8) is 0 Å². The average Bonchev–Trinajstić information content (AvgIpc) is 3.61. The van der Waals surface area contributed by atoms with Gasteiger partial charge < -0.3 is 18.4 Å². The van der Waals surface area contributed by atoms with E-state index < -0.39 is 5.97 Å². The molecule has 0 unspecified atom stereocenters. The van der Waals surface area contributed by atoms with Gasteiger partial charge in [-0.25, -0.2) is 0 Å². The van der Waals surface area contributed by atoms with E-state index in [2.05, 4.69) is 113 Å². The number of rotatable bonds is 23. The van der Waals surface area contributed by atoms with E-state index in [0.29, 0.717) is 58.9 Å². The first-order valence-electron chi connectivity index (χ1n) is 19.3. The quantitative estimate of drug-likeness (QED) is 0.0903. The van der Waals surface area contributed by atoms with Crippen LogP contribution in [0, 0.1) is 29.6 Å². The van der Waals surface area contributed by atoms with Gasteiger partial charge in [-0.15, -0.1) is 11.3 Å². The summed E-state index contributed by atoms with van der Waals surface area (Å²) in [5.74, 6) is 1.74. The van der Waals surface area contributed by atoms with Gasteiger partial charge in [0.2, 0.25) is 29.3 Å². The smallest absolute Gasteiger partial charge is 0.303 e. The molecule has 1 heterocycles. The van der Waals surface area contributed by atoms with Crippen LogP contribution in [0.25, 0.3) is 10.1 Å². The molecule has 1 N–H and O–H groups in total. The lowest BCUT2D eigenvalue weighted by atomic mass is 9.84. The minimum absolute atomic E-state index is 0.0531. The highest BCUT2D eigenvalue weighted by atomic mass is 32.1. The number of fused-ring (bicyclic) bond motifs is 1. The number of carboxylic acid groups (broad SMARTS) is 1. The number of hydrogen-bond acceptors (Lipinski definition) is 5. The molecule has 2 aromatic rings. The number of carboxylic acids is 1. The molecule has 5 atom stereocenters. The van der Waals surface area contributed by atoms with Crippen molar-refractivity contribution in [1.29, 1.82) is 0 Å². The first-order chi connectivity index (χ1) is 23.3.